The zero-order valence-electron chi connectivity index (χ0n) is 13.7. The average molecular weight is 333 g/mol. The van der Waals surface area contributed by atoms with Crippen LogP contribution in [0.5, 0.6) is 0 Å². The summed E-state index contributed by atoms with van der Waals surface area (Å²) in [6.07, 6.45) is 3.99. The van der Waals surface area contributed by atoms with E-state index in [1.54, 1.807) is 7.11 Å². The number of carbonyl (C=O) groups excluding carboxylic acids is 1. The molecule has 0 radical (unpaired) electrons. The van der Waals surface area contributed by atoms with Crippen molar-refractivity contribution < 1.29 is 9.53 Å². The van der Waals surface area contributed by atoms with E-state index < -0.39 is 0 Å². The maximum atomic E-state index is 12.4. The van der Waals surface area contributed by atoms with E-state index in [1.807, 2.05) is 28.6 Å². The minimum absolute atomic E-state index is 0.178. The first-order chi connectivity index (χ1) is 11.2. The van der Waals surface area contributed by atoms with Crippen molar-refractivity contribution in [3.05, 3.63) is 40.1 Å². The normalized spacial score (nSPS) is 16.0. The summed E-state index contributed by atoms with van der Waals surface area (Å²) in [7, 11) is 1.70. The van der Waals surface area contributed by atoms with Gasteiger partial charge in [0, 0.05) is 38.6 Å². The number of hydrogen-bond acceptors (Lipinski definition) is 4. The molecule has 124 valence electrons. The fourth-order valence-electron chi connectivity index (χ4n) is 3.14. The Kier molecular flexibility index (Phi) is 5.13. The van der Waals surface area contributed by atoms with E-state index in [2.05, 4.69) is 16.5 Å². The molecule has 1 amide bonds. The molecule has 0 bridgehead atoms. The van der Waals surface area contributed by atoms with Gasteiger partial charge in [0.15, 0.2) is 0 Å². The van der Waals surface area contributed by atoms with Gasteiger partial charge in [-0.3, -0.25) is 4.79 Å². The van der Waals surface area contributed by atoms with Gasteiger partial charge in [-0.1, -0.05) is 6.07 Å². The third kappa shape index (κ3) is 3.64. The Morgan fingerprint density at radius 2 is 2.22 bits per heavy atom. The van der Waals surface area contributed by atoms with Crippen LogP contribution >= 0.6 is 11.3 Å². The van der Waals surface area contributed by atoms with Crippen LogP contribution in [0.15, 0.2) is 23.7 Å². The highest BCUT2D eigenvalue weighted by atomic mass is 32.1. The highest BCUT2D eigenvalue weighted by Gasteiger charge is 2.25. The molecule has 0 unspecified atom stereocenters. The molecule has 1 aliphatic rings. The van der Waals surface area contributed by atoms with E-state index in [1.165, 1.54) is 17.0 Å². The van der Waals surface area contributed by atoms with E-state index in [0.29, 0.717) is 12.5 Å². The zero-order chi connectivity index (χ0) is 16.2. The minimum atomic E-state index is 0.178. The minimum Gasteiger partial charge on any atom is -0.377 e. The molecule has 2 aromatic rings. The number of nitrogens with zero attached hydrogens (tertiary/aromatic N) is 3. The number of hydrogen-bond donors (Lipinski definition) is 0. The van der Waals surface area contributed by atoms with Crippen LogP contribution in [0.4, 0.5) is 0 Å². The summed E-state index contributed by atoms with van der Waals surface area (Å²) in [4.78, 5) is 19.6. The molecule has 0 spiro atoms. The Morgan fingerprint density at radius 3 is 2.87 bits per heavy atom. The van der Waals surface area contributed by atoms with Gasteiger partial charge in [0.2, 0.25) is 0 Å². The van der Waals surface area contributed by atoms with Gasteiger partial charge in [0.25, 0.3) is 5.91 Å². The Bertz CT molecular complexity index is 643. The summed E-state index contributed by atoms with van der Waals surface area (Å²) in [6.45, 7) is 5.28. The van der Waals surface area contributed by atoms with Crippen LogP contribution in [-0.2, 0) is 17.9 Å². The van der Waals surface area contributed by atoms with Gasteiger partial charge in [-0.05, 0) is 37.1 Å². The van der Waals surface area contributed by atoms with E-state index >= 15 is 0 Å². The van der Waals surface area contributed by atoms with Gasteiger partial charge >= 0.3 is 0 Å². The van der Waals surface area contributed by atoms with Gasteiger partial charge in [-0.2, -0.15) is 0 Å². The van der Waals surface area contributed by atoms with Crippen LogP contribution in [0.3, 0.4) is 0 Å². The van der Waals surface area contributed by atoms with Crippen molar-refractivity contribution in [3.8, 4) is 0 Å². The van der Waals surface area contributed by atoms with Crippen molar-refractivity contribution in [2.24, 2.45) is 5.92 Å². The molecule has 3 rings (SSSR count). The number of carbonyl (C=O) groups is 1. The van der Waals surface area contributed by atoms with Crippen molar-refractivity contribution in [2.45, 2.75) is 32.9 Å². The molecule has 1 aliphatic heterocycles. The number of imidazole rings is 1. The highest BCUT2D eigenvalue weighted by Crippen LogP contribution is 2.23. The van der Waals surface area contributed by atoms with Gasteiger partial charge in [-0.25, -0.2) is 4.98 Å². The average Bonchev–Trinajstić information content (AvgIpc) is 3.21. The van der Waals surface area contributed by atoms with Crippen molar-refractivity contribution in [1.29, 1.82) is 0 Å². The van der Waals surface area contributed by atoms with Crippen molar-refractivity contribution in [2.75, 3.05) is 20.2 Å². The third-order valence-corrected chi connectivity index (χ3v) is 5.34. The number of thiophene rings is 1. The van der Waals surface area contributed by atoms with Crippen LogP contribution in [0, 0.1) is 12.8 Å². The topological polar surface area (TPSA) is 47.4 Å². The number of aromatic nitrogens is 2. The van der Waals surface area contributed by atoms with Gasteiger partial charge in [0.05, 0.1) is 4.88 Å². The Morgan fingerprint density at radius 1 is 1.43 bits per heavy atom. The predicted molar refractivity (Wildman–Crippen MR) is 90.6 cm³/mol. The summed E-state index contributed by atoms with van der Waals surface area (Å²) in [6, 6.07) is 3.84. The quantitative estimate of drug-likeness (QED) is 0.845. The predicted octanol–water partition coefficient (Wildman–Crippen LogP) is 2.95. The molecule has 1 saturated heterocycles. The second-order valence-electron chi connectivity index (χ2n) is 6.07. The van der Waals surface area contributed by atoms with Crippen LogP contribution in [-0.4, -0.2) is 40.6 Å². The number of rotatable bonds is 5. The molecular weight excluding hydrogens is 310 g/mol. The Hall–Kier alpha value is -1.66. The standard InChI is InChI=1S/C17H23N3O2S/c1-13-10-18-16(12-22-2)20(13)11-14-5-7-19(8-6-14)17(21)15-4-3-9-23-15/h3-4,9-10,14H,5-8,11-12H2,1-2H3. The fourth-order valence-corrected chi connectivity index (χ4v) is 3.83. The van der Waals surface area contributed by atoms with Crippen molar-refractivity contribution >= 4 is 17.2 Å². The number of likely N-dealkylation sites (tertiary alicyclic amines) is 1. The summed E-state index contributed by atoms with van der Waals surface area (Å²) in [5, 5.41) is 1.96. The second kappa shape index (κ2) is 7.27. The first-order valence-electron chi connectivity index (χ1n) is 8.01. The van der Waals surface area contributed by atoms with E-state index in [9.17, 15) is 4.79 Å². The summed E-state index contributed by atoms with van der Waals surface area (Å²) < 4.78 is 7.48. The maximum Gasteiger partial charge on any atom is 0.263 e. The molecule has 1 fully saturated rings. The second-order valence-corrected chi connectivity index (χ2v) is 7.02. The number of amides is 1. The largest absolute Gasteiger partial charge is 0.377 e. The van der Waals surface area contributed by atoms with E-state index in [0.717, 1.165) is 43.2 Å². The number of methoxy groups -OCH3 is 1. The Labute approximate surface area is 140 Å². The Balaban J connectivity index is 1.57. The molecule has 0 N–H and O–H groups in total. The fraction of sp³-hybridized carbons (Fsp3) is 0.529. The van der Waals surface area contributed by atoms with Crippen LogP contribution in [0.2, 0.25) is 0 Å². The molecular formula is C17H23N3O2S. The summed E-state index contributed by atoms with van der Waals surface area (Å²) in [5.41, 5.74) is 1.18. The first-order valence-corrected chi connectivity index (χ1v) is 8.89. The molecule has 6 heteroatoms. The lowest BCUT2D eigenvalue weighted by atomic mass is 9.96. The molecule has 0 atom stereocenters. The first kappa shape index (κ1) is 16.2. The third-order valence-electron chi connectivity index (χ3n) is 4.49. The molecule has 3 heterocycles. The molecule has 0 aliphatic carbocycles. The summed E-state index contributed by atoms with van der Waals surface area (Å²) in [5.74, 6) is 1.75. The number of aryl methyl sites for hydroxylation is 1. The summed E-state index contributed by atoms with van der Waals surface area (Å²) >= 11 is 1.52. The lowest BCUT2D eigenvalue weighted by Crippen LogP contribution is -2.39. The zero-order valence-corrected chi connectivity index (χ0v) is 14.5. The van der Waals surface area contributed by atoms with Gasteiger partial charge in [0.1, 0.15) is 12.4 Å². The van der Waals surface area contributed by atoms with E-state index in [4.69, 9.17) is 4.74 Å². The van der Waals surface area contributed by atoms with Gasteiger partial charge in [-0.15, -0.1) is 11.3 Å². The van der Waals surface area contributed by atoms with E-state index in [-0.39, 0.29) is 5.91 Å². The van der Waals surface area contributed by atoms with Crippen LogP contribution in [0.1, 0.15) is 34.0 Å². The van der Waals surface area contributed by atoms with Crippen LogP contribution in [0.25, 0.3) is 0 Å². The SMILES string of the molecule is COCc1ncc(C)n1CC1CCN(C(=O)c2cccs2)CC1. The molecule has 23 heavy (non-hydrogen) atoms. The maximum absolute atomic E-state index is 12.4. The molecule has 2 aromatic heterocycles. The van der Waals surface area contributed by atoms with Crippen molar-refractivity contribution in [3.63, 3.8) is 0 Å². The molecule has 0 aromatic carbocycles. The van der Waals surface area contributed by atoms with Crippen molar-refractivity contribution in [1.82, 2.24) is 14.5 Å². The number of ether oxygens (including phenoxy) is 1. The smallest absolute Gasteiger partial charge is 0.263 e. The monoisotopic (exact) mass is 333 g/mol. The molecule has 5 nitrogen and oxygen atoms in total. The van der Waals surface area contributed by atoms with Gasteiger partial charge < -0.3 is 14.2 Å². The number of piperidine rings is 1. The highest BCUT2D eigenvalue weighted by molar-refractivity contribution is 7.12. The molecule has 0 saturated carbocycles. The van der Waals surface area contributed by atoms with Crippen LogP contribution < -0.4 is 0 Å². The lowest BCUT2D eigenvalue weighted by Gasteiger charge is -2.32. The lowest BCUT2D eigenvalue weighted by molar-refractivity contribution is 0.0686.